The molecular formula is C22H32O3. The van der Waals surface area contributed by atoms with Gasteiger partial charge in [0.25, 0.3) is 0 Å². The zero-order valence-corrected chi connectivity index (χ0v) is 16.3. The largest absolute Gasteiger partial charge is 0.499 e. The van der Waals surface area contributed by atoms with Crippen LogP contribution in [0.3, 0.4) is 0 Å². The molecule has 0 fully saturated rings. The molecule has 1 aliphatic carbocycles. The lowest BCUT2D eigenvalue weighted by molar-refractivity contribution is 0.0352. The van der Waals surface area contributed by atoms with Gasteiger partial charge in [-0.2, -0.15) is 0 Å². The molecule has 0 saturated carbocycles. The van der Waals surface area contributed by atoms with E-state index in [9.17, 15) is 5.11 Å². The van der Waals surface area contributed by atoms with Crippen molar-refractivity contribution in [3.63, 3.8) is 0 Å². The number of allylic oxidation sites excluding steroid dienone is 3. The van der Waals surface area contributed by atoms with Crippen LogP contribution >= 0.6 is 0 Å². The van der Waals surface area contributed by atoms with E-state index in [-0.39, 0.29) is 5.41 Å². The second-order valence-corrected chi connectivity index (χ2v) is 8.23. The fraction of sp³-hybridized carbons (Fsp3) is 0.636. The number of hydrogen-bond acceptors (Lipinski definition) is 3. The zero-order valence-electron chi connectivity index (χ0n) is 16.3. The van der Waals surface area contributed by atoms with E-state index in [1.807, 2.05) is 19.1 Å². The molecule has 0 aromatic carbocycles. The van der Waals surface area contributed by atoms with Gasteiger partial charge in [0.1, 0.15) is 12.2 Å². The fourth-order valence-corrected chi connectivity index (χ4v) is 3.40. The van der Waals surface area contributed by atoms with Crippen molar-refractivity contribution in [1.29, 1.82) is 0 Å². The maximum atomic E-state index is 10.7. The van der Waals surface area contributed by atoms with Gasteiger partial charge in [0.15, 0.2) is 0 Å². The minimum absolute atomic E-state index is 0.174. The van der Waals surface area contributed by atoms with Gasteiger partial charge in [-0.15, -0.1) is 0 Å². The Morgan fingerprint density at radius 2 is 2.08 bits per heavy atom. The van der Waals surface area contributed by atoms with Crippen LogP contribution in [-0.2, 0) is 9.47 Å². The monoisotopic (exact) mass is 344 g/mol. The Kier molecular flexibility index (Phi) is 6.19. The third kappa shape index (κ3) is 5.76. The summed E-state index contributed by atoms with van der Waals surface area (Å²) in [5.41, 5.74) is 1.34. The minimum Gasteiger partial charge on any atom is -0.499 e. The number of rotatable bonds is 3. The molecule has 1 heterocycles. The van der Waals surface area contributed by atoms with Gasteiger partial charge in [-0.25, -0.2) is 0 Å². The predicted octanol–water partition coefficient (Wildman–Crippen LogP) is 4.53. The molecule has 138 valence electrons. The highest BCUT2D eigenvalue weighted by Gasteiger charge is 2.27. The third-order valence-electron chi connectivity index (χ3n) is 5.02. The molecule has 0 radical (unpaired) electrons. The van der Waals surface area contributed by atoms with Crippen molar-refractivity contribution < 1.29 is 14.6 Å². The normalized spacial score (nSPS) is 28.7. The Morgan fingerprint density at radius 1 is 1.32 bits per heavy atom. The Hall–Kier alpha value is -1.50. The third-order valence-corrected chi connectivity index (χ3v) is 5.02. The van der Waals surface area contributed by atoms with Crippen LogP contribution in [-0.4, -0.2) is 29.5 Å². The molecule has 0 bridgehead atoms. The van der Waals surface area contributed by atoms with Crippen LogP contribution in [0, 0.1) is 17.3 Å². The highest BCUT2D eigenvalue weighted by Crippen LogP contribution is 2.41. The molecule has 0 unspecified atom stereocenters. The van der Waals surface area contributed by atoms with E-state index in [1.54, 1.807) is 13.2 Å². The van der Waals surface area contributed by atoms with E-state index in [4.69, 9.17) is 9.47 Å². The SMILES string of the molecule is CC1=C(/C=C/[C@](C)(O)CC#C[C@@]2(C)C=COCCO2)C(C)(C)CCC1. The van der Waals surface area contributed by atoms with Crippen molar-refractivity contribution in [3.8, 4) is 11.8 Å². The van der Waals surface area contributed by atoms with Gasteiger partial charge in [-0.3, -0.25) is 0 Å². The maximum absolute atomic E-state index is 10.7. The maximum Gasteiger partial charge on any atom is 0.147 e. The van der Waals surface area contributed by atoms with Gasteiger partial charge in [-0.05, 0) is 57.1 Å². The molecule has 1 N–H and O–H groups in total. The first kappa shape index (κ1) is 19.8. The van der Waals surface area contributed by atoms with E-state index in [1.165, 1.54) is 24.0 Å². The van der Waals surface area contributed by atoms with Crippen LogP contribution in [0.1, 0.15) is 60.3 Å². The van der Waals surface area contributed by atoms with Crippen LogP contribution < -0.4 is 0 Å². The van der Waals surface area contributed by atoms with Gasteiger partial charge in [0.05, 0.1) is 18.5 Å². The molecule has 0 amide bonds. The molecule has 25 heavy (non-hydrogen) atoms. The molecule has 3 nitrogen and oxygen atoms in total. The lowest BCUT2D eigenvalue weighted by Gasteiger charge is -2.33. The first-order valence-electron chi connectivity index (χ1n) is 9.19. The van der Waals surface area contributed by atoms with Crippen molar-refractivity contribution in [3.05, 3.63) is 35.6 Å². The average Bonchev–Trinajstić information content (AvgIpc) is 2.70. The molecular weight excluding hydrogens is 312 g/mol. The smallest absolute Gasteiger partial charge is 0.147 e. The van der Waals surface area contributed by atoms with E-state index in [0.29, 0.717) is 19.6 Å². The van der Waals surface area contributed by atoms with E-state index in [0.717, 1.165) is 6.42 Å². The predicted molar refractivity (Wildman–Crippen MR) is 102 cm³/mol. The van der Waals surface area contributed by atoms with Crippen LogP contribution in [0.25, 0.3) is 0 Å². The Balaban J connectivity index is 2.06. The molecule has 1 aliphatic heterocycles. The van der Waals surface area contributed by atoms with E-state index in [2.05, 4.69) is 38.7 Å². The number of ether oxygens (including phenoxy) is 2. The molecule has 0 saturated heterocycles. The van der Waals surface area contributed by atoms with Crippen molar-refractivity contribution in [2.75, 3.05) is 13.2 Å². The highest BCUT2D eigenvalue weighted by molar-refractivity contribution is 5.34. The molecule has 2 atom stereocenters. The molecule has 2 rings (SSSR count). The molecule has 0 aromatic rings. The molecule has 0 aromatic heterocycles. The first-order chi connectivity index (χ1) is 11.6. The van der Waals surface area contributed by atoms with Crippen molar-refractivity contribution >= 4 is 0 Å². The van der Waals surface area contributed by atoms with Gasteiger partial charge in [0, 0.05) is 6.42 Å². The standard InChI is InChI=1S/C22H32O3/c1-18-8-6-10-20(2,3)19(18)9-13-21(4,23)11-7-12-22(5)14-15-24-16-17-25-22/h9,13-15,23H,6,8,10-11,16-17H2,1-5H3/b13-9+/t21-,22+/m1/s1. The second-order valence-electron chi connectivity index (χ2n) is 8.23. The Labute approximate surface area is 152 Å². The molecule has 2 aliphatic rings. The summed E-state index contributed by atoms with van der Waals surface area (Å²) in [4.78, 5) is 0. The summed E-state index contributed by atoms with van der Waals surface area (Å²) in [5.74, 6) is 6.20. The van der Waals surface area contributed by atoms with Crippen molar-refractivity contribution in [1.82, 2.24) is 0 Å². The molecule has 3 heteroatoms. The van der Waals surface area contributed by atoms with Crippen LogP contribution in [0.2, 0.25) is 0 Å². The second kappa shape index (κ2) is 7.81. The van der Waals surface area contributed by atoms with E-state index < -0.39 is 11.2 Å². The minimum atomic E-state index is -0.963. The zero-order chi connectivity index (χ0) is 18.6. The highest BCUT2D eigenvalue weighted by atomic mass is 16.5. The lowest BCUT2D eigenvalue weighted by Crippen LogP contribution is -2.25. The summed E-state index contributed by atoms with van der Waals surface area (Å²) in [5, 5.41) is 10.7. The van der Waals surface area contributed by atoms with Crippen LogP contribution in [0.15, 0.2) is 35.6 Å². The lowest BCUT2D eigenvalue weighted by atomic mass is 9.72. The van der Waals surface area contributed by atoms with E-state index >= 15 is 0 Å². The first-order valence-corrected chi connectivity index (χ1v) is 9.19. The Bertz CT molecular complexity index is 625. The van der Waals surface area contributed by atoms with Gasteiger partial charge in [0.2, 0.25) is 0 Å². The summed E-state index contributed by atoms with van der Waals surface area (Å²) in [6, 6.07) is 0. The number of aliphatic hydroxyl groups is 1. The topological polar surface area (TPSA) is 38.7 Å². The summed E-state index contributed by atoms with van der Waals surface area (Å²) in [6.45, 7) is 11.5. The van der Waals surface area contributed by atoms with Crippen molar-refractivity contribution in [2.24, 2.45) is 5.41 Å². The summed E-state index contributed by atoms with van der Waals surface area (Å²) in [7, 11) is 0. The molecule has 0 spiro atoms. The number of hydrogen-bond donors (Lipinski definition) is 1. The summed E-state index contributed by atoms with van der Waals surface area (Å²) >= 11 is 0. The van der Waals surface area contributed by atoms with Crippen LogP contribution in [0.4, 0.5) is 0 Å². The summed E-state index contributed by atoms with van der Waals surface area (Å²) in [6.07, 6.45) is 11.4. The summed E-state index contributed by atoms with van der Waals surface area (Å²) < 4.78 is 10.9. The van der Waals surface area contributed by atoms with Crippen molar-refractivity contribution in [2.45, 2.75) is 71.5 Å². The van der Waals surface area contributed by atoms with Gasteiger partial charge >= 0.3 is 0 Å². The Morgan fingerprint density at radius 3 is 2.80 bits per heavy atom. The quantitative estimate of drug-likeness (QED) is 0.764. The van der Waals surface area contributed by atoms with Crippen LogP contribution in [0.5, 0.6) is 0 Å². The fourth-order valence-electron chi connectivity index (χ4n) is 3.40. The van der Waals surface area contributed by atoms with Gasteiger partial charge < -0.3 is 14.6 Å². The average molecular weight is 344 g/mol. The van der Waals surface area contributed by atoms with Gasteiger partial charge in [-0.1, -0.05) is 43.4 Å².